The van der Waals surface area contributed by atoms with Crippen molar-refractivity contribution in [3.8, 4) is 5.75 Å². The summed E-state index contributed by atoms with van der Waals surface area (Å²) in [5, 5.41) is 0. The van der Waals surface area contributed by atoms with E-state index in [0.29, 0.717) is 16.8 Å². The van der Waals surface area contributed by atoms with Crippen molar-refractivity contribution in [1.82, 2.24) is 0 Å². The van der Waals surface area contributed by atoms with Crippen molar-refractivity contribution in [2.24, 2.45) is 5.73 Å². The molecular formula is C16H23BFNO3. The fourth-order valence-corrected chi connectivity index (χ4v) is 2.24. The Kier molecular flexibility index (Phi) is 4.66. The van der Waals surface area contributed by atoms with Crippen molar-refractivity contribution in [2.45, 2.75) is 38.9 Å². The summed E-state index contributed by atoms with van der Waals surface area (Å²) >= 11 is 0. The standard InChI is InChI=1S/C16H23BFNO3/c1-15(2)16(3,4)22-17(21-15)11(10-19)9-12-13(18)7-6-8-14(12)20-5/h6-9H,10,19H2,1-5H3. The van der Waals surface area contributed by atoms with Crippen LogP contribution in [0.25, 0.3) is 6.08 Å². The molecule has 2 rings (SSSR count). The molecule has 120 valence electrons. The first-order valence-electron chi connectivity index (χ1n) is 7.30. The Hall–Kier alpha value is -1.37. The van der Waals surface area contributed by atoms with Gasteiger partial charge in [-0.1, -0.05) is 12.1 Å². The highest BCUT2D eigenvalue weighted by atomic mass is 19.1. The van der Waals surface area contributed by atoms with Crippen LogP contribution in [0.3, 0.4) is 0 Å². The molecule has 1 heterocycles. The molecule has 4 nitrogen and oxygen atoms in total. The summed E-state index contributed by atoms with van der Waals surface area (Å²) < 4.78 is 31.2. The Balaban J connectivity index is 2.38. The monoisotopic (exact) mass is 307 g/mol. The maximum Gasteiger partial charge on any atom is 0.491 e. The molecule has 0 spiro atoms. The maximum atomic E-state index is 14.1. The van der Waals surface area contributed by atoms with Gasteiger partial charge in [0.05, 0.1) is 23.9 Å². The SMILES string of the molecule is COc1cccc(F)c1C=C(CN)B1OC(C)(C)C(C)(C)O1. The number of rotatable bonds is 4. The van der Waals surface area contributed by atoms with E-state index in [1.165, 1.54) is 13.2 Å². The number of halogens is 1. The fraction of sp³-hybridized carbons (Fsp3) is 0.500. The van der Waals surface area contributed by atoms with Gasteiger partial charge in [0.15, 0.2) is 0 Å². The average Bonchev–Trinajstić information content (AvgIpc) is 2.65. The first-order valence-corrected chi connectivity index (χ1v) is 7.30. The summed E-state index contributed by atoms with van der Waals surface area (Å²) in [5.74, 6) is 0.0734. The lowest BCUT2D eigenvalue weighted by molar-refractivity contribution is 0.00578. The minimum atomic E-state index is -0.598. The van der Waals surface area contributed by atoms with Gasteiger partial charge in [0.25, 0.3) is 0 Å². The van der Waals surface area contributed by atoms with Gasteiger partial charge in [-0.05, 0) is 45.3 Å². The van der Waals surface area contributed by atoms with E-state index in [0.717, 1.165) is 0 Å². The summed E-state index contributed by atoms with van der Waals surface area (Å²) in [6.45, 7) is 8.06. The third-order valence-corrected chi connectivity index (χ3v) is 4.35. The zero-order valence-electron chi connectivity index (χ0n) is 13.8. The average molecular weight is 307 g/mol. The highest BCUT2D eigenvalue weighted by molar-refractivity contribution is 6.55. The predicted molar refractivity (Wildman–Crippen MR) is 86.1 cm³/mol. The van der Waals surface area contributed by atoms with E-state index in [4.69, 9.17) is 19.8 Å². The Morgan fingerprint density at radius 1 is 1.27 bits per heavy atom. The van der Waals surface area contributed by atoms with E-state index in [2.05, 4.69) is 0 Å². The first kappa shape index (κ1) is 17.0. The lowest BCUT2D eigenvalue weighted by Crippen LogP contribution is -2.41. The predicted octanol–water partition coefficient (Wildman–Crippen LogP) is 2.81. The Morgan fingerprint density at radius 2 is 1.86 bits per heavy atom. The van der Waals surface area contributed by atoms with E-state index in [1.54, 1.807) is 18.2 Å². The minimum Gasteiger partial charge on any atom is -0.496 e. The quantitative estimate of drug-likeness (QED) is 0.869. The molecule has 1 aliphatic rings. The summed E-state index contributed by atoms with van der Waals surface area (Å²) in [6.07, 6.45) is 1.65. The van der Waals surface area contributed by atoms with Crippen LogP contribution < -0.4 is 10.5 Å². The van der Waals surface area contributed by atoms with Gasteiger partial charge in [0.1, 0.15) is 11.6 Å². The molecule has 0 aliphatic carbocycles. The third-order valence-electron chi connectivity index (χ3n) is 4.35. The highest BCUT2D eigenvalue weighted by Gasteiger charge is 2.52. The van der Waals surface area contributed by atoms with Crippen LogP contribution in [-0.2, 0) is 9.31 Å². The van der Waals surface area contributed by atoms with Crippen molar-refractivity contribution >= 4 is 13.2 Å². The van der Waals surface area contributed by atoms with E-state index < -0.39 is 18.3 Å². The van der Waals surface area contributed by atoms with Crippen LogP contribution in [0.15, 0.2) is 23.7 Å². The summed E-state index contributed by atoms with van der Waals surface area (Å²) in [5.41, 5.74) is 5.91. The number of nitrogens with two attached hydrogens (primary N) is 1. The van der Waals surface area contributed by atoms with Gasteiger partial charge in [-0.15, -0.1) is 0 Å². The van der Waals surface area contributed by atoms with E-state index in [-0.39, 0.29) is 12.4 Å². The van der Waals surface area contributed by atoms with Crippen molar-refractivity contribution in [2.75, 3.05) is 13.7 Å². The summed E-state index contributed by atoms with van der Waals surface area (Å²) in [4.78, 5) is 0. The molecule has 1 aromatic rings. The zero-order valence-corrected chi connectivity index (χ0v) is 13.8. The fourth-order valence-electron chi connectivity index (χ4n) is 2.24. The molecule has 0 unspecified atom stereocenters. The second kappa shape index (κ2) is 6.03. The number of hydrogen-bond acceptors (Lipinski definition) is 4. The van der Waals surface area contributed by atoms with E-state index in [9.17, 15) is 4.39 Å². The van der Waals surface area contributed by atoms with Crippen LogP contribution in [0, 0.1) is 5.82 Å². The Labute approximate surface area is 131 Å². The second-order valence-corrected chi connectivity index (χ2v) is 6.37. The van der Waals surface area contributed by atoms with Crippen molar-refractivity contribution < 1.29 is 18.4 Å². The largest absolute Gasteiger partial charge is 0.496 e. The summed E-state index contributed by atoms with van der Waals surface area (Å²) in [6, 6.07) is 4.68. The molecule has 0 amide bonds. The van der Waals surface area contributed by atoms with Gasteiger partial charge in [0.2, 0.25) is 0 Å². The first-order chi connectivity index (χ1) is 10.2. The number of hydrogen-bond donors (Lipinski definition) is 1. The van der Waals surface area contributed by atoms with Crippen LogP contribution in [0.1, 0.15) is 33.3 Å². The van der Waals surface area contributed by atoms with Crippen LogP contribution in [-0.4, -0.2) is 32.0 Å². The van der Waals surface area contributed by atoms with E-state index >= 15 is 0 Å². The van der Waals surface area contributed by atoms with Gasteiger partial charge >= 0.3 is 7.12 Å². The Bertz CT molecular complexity index is 571. The van der Waals surface area contributed by atoms with Crippen molar-refractivity contribution in [3.63, 3.8) is 0 Å². The molecule has 1 aliphatic heterocycles. The second-order valence-electron chi connectivity index (χ2n) is 6.37. The lowest BCUT2D eigenvalue weighted by atomic mass is 9.77. The molecule has 1 aromatic carbocycles. The number of benzene rings is 1. The maximum absolute atomic E-state index is 14.1. The summed E-state index contributed by atoms with van der Waals surface area (Å²) in [7, 11) is 0.905. The van der Waals surface area contributed by atoms with E-state index in [1.807, 2.05) is 27.7 Å². The van der Waals surface area contributed by atoms with Gasteiger partial charge in [-0.2, -0.15) is 0 Å². The molecule has 0 radical (unpaired) electrons. The molecule has 0 bridgehead atoms. The topological polar surface area (TPSA) is 53.7 Å². The highest BCUT2D eigenvalue weighted by Crippen LogP contribution is 2.39. The van der Waals surface area contributed by atoms with Crippen molar-refractivity contribution in [3.05, 3.63) is 35.1 Å². The molecule has 1 saturated heterocycles. The van der Waals surface area contributed by atoms with Crippen LogP contribution in [0.4, 0.5) is 4.39 Å². The van der Waals surface area contributed by atoms with Crippen LogP contribution >= 0.6 is 0 Å². The van der Waals surface area contributed by atoms with Crippen molar-refractivity contribution in [1.29, 1.82) is 0 Å². The normalized spacial score (nSPS) is 20.3. The van der Waals surface area contributed by atoms with Crippen LogP contribution in [0.5, 0.6) is 5.75 Å². The molecule has 0 aromatic heterocycles. The molecule has 6 heteroatoms. The molecule has 1 fully saturated rings. The lowest BCUT2D eigenvalue weighted by Gasteiger charge is -2.32. The zero-order chi connectivity index (χ0) is 16.5. The molecule has 22 heavy (non-hydrogen) atoms. The minimum absolute atomic E-state index is 0.203. The van der Waals surface area contributed by atoms with Gasteiger partial charge in [0, 0.05) is 6.54 Å². The molecule has 0 saturated carbocycles. The van der Waals surface area contributed by atoms with Crippen LogP contribution in [0.2, 0.25) is 0 Å². The van der Waals surface area contributed by atoms with Gasteiger partial charge in [-0.3, -0.25) is 0 Å². The number of ether oxygens (including phenoxy) is 1. The smallest absolute Gasteiger partial charge is 0.491 e. The Morgan fingerprint density at radius 3 is 2.36 bits per heavy atom. The third kappa shape index (κ3) is 3.04. The van der Waals surface area contributed by atoms with Gasteiger partial charge in [-0.25, -0.2) is 4.39 Å². The molecule has 0 atom stereocenters. The molecular weight excluding hydrogens is 284 g/mol. The van der Waals surface area contributed by atoms with Gasteiger partial charge < -0.3 is 19.8 Å². The molecule has 2 N–H and O–H groups in total. The number of methoxy groups -OCH3 is 1.